The van der Waals surface area contributed by atoms with E-state index in [-0.39, 0.29) is 0 Å². The van der Waals surface area contributed by atoms with E-state index >= 15 is 0 Å². The van der Waals surface area contributed by atoms with E-state index in [2.05, 4.69) is 34.1 Å². The Morgan fingerprint density at radius 1 is 1.03 bits per heavy atom. The number of hydrogen-bond donors (Lipinski definition) is 0. The zero-order chi connectivity index (χ0) is 25.1. The van der Waals surface area contributed by atoms with E-state index < -0.39 is 0 Å². The molecule has 36 heavy (non-hydrogen) atoms. The number of aldehydes is 1. The molecule has 2 aliphatic carbocycles. The summed E-state index contributed by atoms with van der Waals surface area (Å²) in [4.78, 5) is 18.1. The number of nitrogens with zero attached hydrogens (tertiary/aromatic N) is 5. The van der Waals surface area contributed by atoms with Crippen LogP contribution in [0.25, 0.3) is 0 Å². The number of carbonyl (C=O) groups excluding carboxylic acids is 1. The highest BCUT2D eigenvalue weighted by molar-refractivity contribution is 6.06. The predicted octanol–water partition coefficient (Wildman–Crippen LogP) is 5.52. The van der Waals surface area contributed by atoms with Gasteiger partial charge in [0.05, 0.1) is 34.8 Å². The number of aromatic nitrogens is 1. The Labute approximate surface area is 215 Å². The first-order chi connectivity index (χ1) is 17.6. The van der Waals surface area contributed by atoms with Crippen LogP contribution in [0.15, 0.2) is 35.4 Å². The van der Waals surface area contributed by atoms with Crippen molar-refractivity contribution < 1.29 is 4.79 Å². The van der Waals surface area contributed by atoms with E-state index in [1.54, 1.807) is 6.07 Å². The van der Waals surface area contributed by atoms with Crippen molar-refractivity contribution in [1.29, 1.82) is 5.26 Å². The number of aryl methyl sites for hydroxylation is 2. The van der Waals surface area contributed by atoms with Crippen LogP contribution in [0.1, 0.15) is 84.2 Å². The highest BCUT2D eigenvalue weighted by atomic mass is 16.1. The Morgan fingerprint density at radius 3 is 2.44 bits per heavy atom. The molecule has 2 aromatic rings. The van der Waals surface area contributed by atoms with Crippen molar-refractivity contribution in [3.05, 3.63) is 58.4 Å². The number of fused-ring (bicyclic) bond motifs is 3. The summed E-state index contributed by atoms with van der Waals surface area (Å²) < 4.78 is 0. The van der Waals surface area contributed by atoms with Gasteiger partial charge < -0.3 is 4.90 Å². The first kappa shape index (κ1) is 24.6. The fourth-order valence-corrected chi connectivity index (χ4v) is 6.47. The minimum atomic E-state index is 0.360. The number of nitriles is 1. The Hall–Kier alpha value is -3.04. The number of hydrogen-bond acceptors (Lipinski definition) is 6. The Bertz CT molecular complexity index is 1170. The molecule has 6 heteroatoms. The lowest BCUT2D eigenvalue weighted by Gasteiger charge is -2.34. The van der Waals surface area contributed by atoms with E-state index in [0.717, 1.165) is 47.3 Å². The van der Waals surface area contributed by atoms with Crippen molar-refractivity contribution in [3.63, 3.8) is 0 Å². The van der Waals surface area contributed by atoms with E-state index in [4.69, 9.17) is 5.10 Å². The van der Waals surface area contributed by atoms with Gasteiger partial charge in [-0.05, 0) is 107 Å². The van der Waals surface area contributed by atoms with Crippen LogP contribution < -0.4 is 5.01 Å². The molecule has 0 radical (unpaired) electrons. The standard InChI is InChI=1S/C24H24N4O.C6H13N/c1-15-12-19(8-6-17(15)13-25)28-24(16-4-2-3-5-16)21-10-11-22-20(23(21)27-28)9-7-18(14-29)26-22;1-7-5-3-2-4-6-7/h6-9,12,14,16,21,24H,2-5,10-11H2,1H3;2-6H2,1H3. The van der Waals surface area contributed by atoms with Gasteiger partial charge >= 0.3 is 0 Å². The summed E-state index contributed by atoms with van der Waals surface area (Å²) in [5, 5.41) is 16.7. The zero-order valence-corrected chi connectivity index (χ0v) is 21.6. The first-order valence-corrected chi connectivity index (χ1v) is 13.6. The maximum absolute atomic E-state index is 11.1. The van der Waals surface area contributed by atoms with Crippen molar-refractivity contribution in [2.45, 2.75) is 70.8 Å². The highest BCUT2D eigenvalue weighted by Gasteiger charge is 2.45. The molecule has 0 N–H and O–H groups in total. The van der Waals surface area contributed by atoms with Crippen molar-refractivity contribution in [2.24, 2.45) is 16.9 Å². The van der Waals surface area contributed by atoms with Gasteiger partial charge in [0.25, 0.3) is 0 Å². The second-order valence-electron chi connectivity index (χ2n) is 10.8. The van der Waals surface area contributed by atoms with Crippen LogP contribution in [0, 0.1) is 30.1 Å². The molecular formula is C30H37N5O. The summed E-state index contributed by atoms with van der Waals surface area (Å²) in [7, 11) is 2.19. The quantitative estimate of drug-likeness (QED) is 0.538. The topological polar surface area (TPSA) is 72.6 Å². The zero-order valence-electron chi connectivity index (χ0n) is 21.6. The summed E-state index contributed by atoms with van der Waals surface area (Å²) in [6, 6.07) is 12.5. The molecule has 0 bridgehead atoms. The number of hydrazone groups is 1. The van der Waals surface area contributed by atoms with Gasteiger partial charge in [0.15, 0.2) is 6.29 Å². The van der Waals surface area contributed by atoms with E-state index in [1.165, 1.54) is 58.0 Å². The van der Waals surface area contributed by atoms with Gasteiger partial charge in [-0.3, -0.25) is 9.80 Å². The van der Waals surface area contributed by atoms with Crippen molar-refractivity contribution in [2.75, 3.05) is 25.1 Å². The fraction of sp³-hybridized carbons (Fsp3) is 0.533. The molecule has 2 aliphatic heterocycles. The SMILES string of the molecule is CN1CCCCC1.Cc1cc(N2N=C3c4ccc(C=O)nc4CCC3C2C2CCCC2)ccc1C#N. The molecule has 1 saturated heterocycles. The summed E-state index contributed by atoms with van der Waals surface area (Å²) >= 11 is 0. The van der Waals surface area contributed by atoms with Crippen LogP contribution in [0.4, 0.5) is 5.69 Å². The number of likely N-dealkylation sites (tertiary alicyclic amines) is 1. The number of benzene rings is 1. The van der Waals surface area contributed by atoms with Crippen LogP contribution in [-0.2, 0) is 6.42 Å². The lowest BCUT2D eigenvalue weighted by atomic mass is 9.76. The molecule has 0 spiro atoms. The van der Waals surface area contributed by atoms with Gasteiger partial charge in [-0.2, -0.15) is 10.4 Å². The van der Waals surface area contributed by atoms with Gasteiger partial charge in [-0.15, -0.1) is 0 Å². The van der Waals surface area contributed by atoms with Crippen LogP contribution in [0.3, 0.4) is 0 Å². The third-order valence-electron chi connectivity index (χ3n) is 8.40. The minimum absolute atomic E-state index is 0.360. The number of rotatable bonds is 3. The summed E-state index contributed by atoms with van der Waals surface area (Å²) in [5.41, 5.74) is 6.48. The van der Waals surface area contributed by atoms with Gasteiger partial charge in [-0.1, -0.05) is 19.3 Å². The van der Waals surface area contributed by atoms with E-state index in [9.17, 15) is 10.1 Å². The second-order valence-corrected chi connectivity index (χ2v) is 10.8. The molecule has 188 valence electrons. The number of pyridine rings is 1. The molecule has 3 heterocycles. The highest BCUT2D eigenvalue weighted by Crippen LogP contribution is 2.44. The molecule has 6 nitrogen and oxygen atoms in total. The number of carbonyl (C=O) groups is 1. The maximum atomic E-state index is 11.1. The van der Waals surface area contributed by atoms with Crippen LogP contribution in [0.5, 0.6) is 0 Å². The van der Waals surface area contributed by atoms with Crippen LogP contribution in [-0.4, -0.2) is 48.1 Å². The molecule has 6 rings (SSSR count). The molecule has 2 atom stereocenters. The third-order valence-corrected chi connectivity index (χ3v) is 8.40. The molecule has 1 aromatic heterocycles. The molecule has 1 aromatic carbocycles. The molecule has 2 fully saturated rings. The molecule has 2 unspecified atom stereocenters. The summed E-state index contributed by atoms with van der Waals surface area (Å²) in [6.45, 7) is 4.63. The van der Waals surface area contributed by atoms with Gasteiger partial charge in [0.1, 0.15) is 5.69 Å². The van der Waals surface area contributed by atoms with Gasteiger partial charge in [0.2, 0.25) is 0 Å². The molecule has 1 saturated carbocycles. The second kappa shape index (κ2) is 10.9. The first-order valence-electron chi connectivity index (χ1n) is 13.6. The average molecular weight is 484 g/mol. The third kappa shape index (κ3) is 4.95. The average Bonchev–Trinajstić information content (AvgIpc) is 3.57. The van der Waals surface area contributed by atoms with Gasteiger partial charge in [-0.25, -0.2) is 4.98 Å². The van der Waals surface area contributed by atoms with Crippen LogP contribution >= 0.6 is 0 Å². The largest absolute Gasteiger partial charge is 0.306 e. The van der Waals surface area contributed by atoms with Gasteiger partial charge in [0, 0.05) is 11.5 Å². The van der Waals surface area contributed by atoms with E-state index in [0.29, 0.717) is 29.1 Å². The summed E-state index contributed by atoms with van der Waals surface area (Å²) in [6.07, 6.45) is 12.1. The van der Waals surface area contributed by atoms with Crippen molar-refractivity contribution in [1.82, 2.24) is 9.88 Å². The fourth-order valence-electron chi connectivity index (χ4n) is 6.47. The van der Waals surface area contributed by atoms with E-state index in [1.807, 2.05) is 25.1 Å². The normalized spacial score (nSPS) is 23.7. The van der Waals surface area contributed by atoms with Crippen molar-refractivity contribution in [3.8, 4) is 6.07 Å². The van der Waals surface area contributed by atoms with Crippen molar-refractivity contribution >= 4 is 17.7 Å². The number of anilines is 1. The molecule has 4 aliphatic rings. The monoisotopic (exact) mass is 483 g/mol. The lowest BCUT2D eigenvalue weighted by molar-refractivity contribution is 0.111. The molecule has 0 amide bonds. The number of piperidine rings is 1. The smallest absolute Gasteiger partial charge is 0.168 e. The summed E-state index contributed by atoms with van der Waals surface area (Å²) in [5.74, 6) is 1.03. The molecular weight excluding hydrogens is 446 g/mol. The predicted molar refractivity (Wildman–Crippen MR) is 143 cm³/mol. The minimum Gasteiger partial charge on any atom is -0.306 e. The maximum Gasteiger partial charge on any atom is 0.168 e. The Kier molecular flexibility index (Phi) is 7.48. The van der Waals surface area contributed by atoms with Crippen LogP contribution in [0.2, 0.25) is 0 Å². The lowest BCUT2D eigenvalue weighted by Crippen LogP contribution is -2.40. The Balaban J connectivity index is 0.000000330. The Morgan fingerprint density at radius 2 is 1.81 bits per heavy atom.